The van der Waals surface area contributed by atoms with E-state index in [0.717, 1.165) is 19.6 Å². The third kappa shape index (κ3) is 4.79. The van der Waals surface area contributed by atoms with E-state index in [1.165, 1.54) is 16.7 Å². The number of nitrogens with one attached hydrogen (secondary N) is 1. The number of methoxy groups -OCH3 is 1. The molecule has 0 aliphatic heterocycles. The fourth-order valence-corrected chi connectivity index (χ4v) is 2.13. The Labute approximate surface area is 112 Å². The molecule has 0 bridgehead atoms. The van der Waals surface area contributed by atoms with Crippen LogP contribution in [0, 0.1) is 19.8 Å². The van der Waals surface area contributed by atoms with Gasteiger partial charge in [0.05, 0.1) is 6.61 Å². The quantitative estimate of drug-likeness (QED) is 0.750. The lowest BCUT2D eigenvalue weighted by atomic mass is 9.92. The van der Waals surface area contributed by atoms with Crippen LogP contribution >= 0.6 is 0 Å². The summed E-state index contributed by atoms with van der Waals surface area (Å²) >= 11 is 0. The molecule has 1 N–H and O–H groups in total. The first-order valence-corrected chi connectivity index (χ1v) is 6.83. The number of ether oxygens (including phenoxy) is 1. The average molecular weight is 249 g/mol. The van der Waals surface area contributed by atoms with Crippen LogP contribution in [0.4, 0.5) is 0 Å². The van der Waals surface area contributed by atoms with Gasteiger partial charge < -0.3 is 10.1 Å². The molecule has 2 heteroatoms. The van der Waals surface area contributed by atoms with Crippen LogP contribution in [0.15, 0.2) is 18.2 Å². The summed E-state index contributed by atoms with van der Waals surface area (Å²) in [6.45, 7) is 10.6. The number of benzene rings is 1. The molecule has 18 heavy (non-hydrogen) atoms. The first kappa shape index (κ1) is 15.2. The minimum absolute atomic E-state index is 0.514. The molecule has 0 amide bonds. The molecule has 0 aromatic heterocycles. The number of hydrogen-bond donors (Lipinski definition) is 1. The minimum atomic E-state index is 0.514. The maximum absolute atomic E-state index is 5.06. The number of aryl methyl sites for hydroxylation is 2. The largest absolute Gasteiger partial charge is 0.383 e. The zero-order valence-electron chi connectivity index (χ0n) is 12.4. The summed E-state index contributed by atoms with van der Waals surface area (Å²) in [5, 5.41) is 3.51. The Kier molecular flexibility index (Phi) is 6.37. The minimum Gasteiger partial charge on any atom is -0.383 e. The molecular weight excluding hydrogens is 222 g/mol. The lowest BCUT2D eigenvalue weighted by Crippen LogP contribution is -2.35. The summed E-state index contributed by atoms with van der Waals surface area (Å²) in [6.07, 6.45) is 1.13. The Balaban J connectivity index is 2.52. The van der Waals surface area contributed by atoms with Gasteiger partial charge in [-0.05, 0) is 44.2 Å². The second kappa shape index (κ2) is 7.55. The molecule has 0 heterocycles. The van der Waals surface area contributed by atoms with Crippen LogP contribution in [-0.4, -0.2) is 26.3 Å². The fraction of sp³-hybridized carbons (Fsp3) is 0.625. The molecule has 0 saturated carbocycles. The van der Waals surface area contributed by atoms with Crippen molar-refractivity contribution in [2.24, 2.45) is 5.92 Å². The SMILES string of the molecule is COCCNC(C)C(C)Cc1cc(C)ccc1C. The van der Waals surface area contributed by atoms with E-state index in [4.69, 9.17) is 4.74 Å². The Hall–Kier alpha value is -0.860. The summed E-state index contributed by atoms with van der Waals surface area (Å²) in [6, 6.07) is 7.23. The Morgan fingerprint density at radius 3 is 2.61 bits per heavy atom. The molecule has 0 spiro atoms. The lowest BCUT2D eigenvalue weighted by Gasteiger charge is -2.22. The van der Waals surface area contributed by atoms with Gasteiger partial charge in [0.15, 0.2) is 0 Å². The van der Waals surface area contributed by atoms with E-state index in [9.17, 15) is 0 Å². The molecule has 0 saturated heterocycles. The van der Waals surface area contributed by atoms with Crippen molar-refractivity contribution < 1.29 is 4.74 Å². The summed E-state index contributed by atoms with van der Waals surface area (Å²) in [5.41, 5.74) is 4.22. The lowest BCUT2D eigenvalue weighted by molar-refractivity contribution is 0.192. The number of rotatable bonds is 7. The van der Waals surface area contributed by atoms with Crippen molar-refractivity contribution in [3.8, 4) is 0 Å². The van der Waals surface area contributed by atoms with Crippen LogP contribution in [0.1, 0.15) is 30.5 Å². The predicted octanol–water partition coefficient (Wildman–Crippen LogP) is 3.11. The monoisotopic (exact) mass is 249 g/mol. The molecule has 1 aromatic carbocycles. The van der Waals surface area contributed by atoms with Crippen LogP contribution < -0.4 is 5.32 Å². The van der Waals surface area contributed by atoms with E-state index >= 15 is 0 Å². The van der Waals surface area contributed by atoms with Crippen LogP contribution in [0.3, 0.4) is 0 Å². The number of hydrogen-bond acceptors (Lipinski definition) is 2. The van der Waals surface area contributed by atoms with E-state index in [1.54, 1.807) is 7.11 Å². The van der Waals surface area contributed by atoms with Gasteiger partial charge in [0.1, 0.15) is 0 Å². The van der Waals surface area contributed by atoms with E-state index in [1.807, 2.05) is 0 Å². The molecule has 0 aliphatic carbocycles. The van der Waals surface area contributed by atoms with Gasteiger partial charge in [-0.2, -0.15) is 0 Å². The van der Waals surface area contributed by atoms with E-state index in [2.05, 4.69) is 51.2 Å². The maximum atomic E-state index is 5.06. The van der Waals surface area contributed by atoms with Crippen molar-refractivity contribution in [2.45, 2.75) is 40.2 Å². The van der Waals surface area contributed by atoms with Crippen molar-refractivity contribution in [3.63, 3.8) is 0 Å². The van der Waals surface area contributed by atoms with Gasteiger partial charge in [-0.3, -0.25) is 0 Å². The highest BCUT2D eigenvalue weighted by Crippen LogP contribution is 2.17. The molecule has 2 nitrogen and oxygen atoms in total. The van der Waals surface area contributed by atoms with E-state index in [0.29, 0.717) is 12.0 Å². The van der Waals surface area contributed by atoms with Crippen molar-refractivity contribution in [3.05, 3.63) is 34.9 Å². The van der Waals surface area contributed by atoms with Crippen molar-refractivity contribution in [1.29, 1.82) is 0 Å². The van der Waals surface area contributed by atoms with Crippen molar-refractivity contribution >= 4 is 0 Å². The van der Waals surface area contributed by atoms with Crippen LogP contribution in [0.25, 0.3) is 0 Å². The molecule has 2 unspecified atom stereocenters. The van der Waals surface area contributed by atoms with Crippen LogP contribution in [0.2, 0.25) is 0 Å². The standard InChI is InChI=1S/C16H27NO/c1-12-6-7-13(2)16(10-12)11-14(3)15(4)17-8-9-18-5/h6-7,10,14-15,17H,8-9,11H2,1-5H3. The molecular formula is C16H27NO. The maximum Gasteiger partial charge on any atom is 0.0587 e. The molecule has 0 fully saturated rings. The third-order valence-electron chi connectivity index (χ3n) is 3.67. The molecule has 1 rings (SSSR count). The molecule has 2 atom stereocenters. The van der Waals surface area contributed by atoms with Crippen LogP contribution in [0.5, 0.6) is 0 Å². The second-order valence-electron chi connectivity index (χ2n) is 5.35. The van der Waals surface area contributed by atoms with Gasteiger partial charge in [-0.1, -0.05) is 30.7 Å². The normalized spacial score (nSPS) is 14.5. The van der Waals surface area contributed by atoms with Gasteiger partial charge in [0.25, 0.3) is 0 Å². The average Bonchev–Trinajstić information content (AvgIpc) is 2.34. The van der Waals surface area contributed by atoms with Crippen molar-refractivity contribution in [2.75, 3.05) is 20.3 Å². The van der Waals surface area contributed by atoms with E-state index in [-0.39, 0.29) is 0 Å². The second-order valence-corrected chi connectivity index (χ2v) is 5.35. The topological polar surface area (TPSA) is 21.3 Å². The smallest absolute Gasteiger partial charge is 0.0587 e. The molecule has 102 valence electrons. The van der Waals surface area contributed by atoms with Gasteiger partial charge in [0.2, 0.25) is 0 Å². The van der Waals surface area contributed by atoms with Crippen LogP contribution in [-0.2, 0) is 11.2 Å². The highest BCUT2D eigenvalue weighted by Gasteiger charge is 2.13. The molecule has 1 aromatic rings. The van der Waals surface area contributed by atoms with E-state index < -0.39 is 0 Å². The van der Waals surface area contributed by atoms with Gasteiger partial charge in [0, 0.05) is 19.7 Å². The highest BCUT2D eigenvalue weighted by molar-refractivity contribution is 5.30. The molecule has 0 aliphatic rings. The summed E-state index contributed by atoms with van der Waals surface area (Å²) in [4.78, 5) is 0. The Morgan fingerprint density at radius 1 is 1.22 bits per heavy atom. The van der Waals surface area contributed by atoms with Gasteiger partial charge in [-0.15, -0.1) is 0 Å². The third-order valence-corrected chi connectivity index (χ3v) is 3.67. The summed E-state index contributed by atoms with van der Waals surface area (Å²) < 4.78 is 5.06. The Bertz CT molecular complexity index is 362. The first-order valence-electron chi connectivity index (χ1n) is 6.83. The fourth-order valence-electron chi connectivity index (χ4n) is 2.13. The van der Waals surface area contributed by atoms with Crippen molar-refractivity contribution in [1.82, 2.24) is 5.32 Å². The Morgan fingerprint density at radius 2 is 1.94 bits per heavy atom. The predicted molar refractivity (Wildman–Crippen MR) is 78.1 cm³/mol. The summed E-state index contributed by atoms with van der Waals surface area (Å²) in [7, 11) is 1.74. The first-order chi connectivity index (χ1) is 8.54. The zero-order valence-corrected chi connectivity index (χ0v) is 12.4. The zero-order chi connectivity index (χ0) is 13.5. The molecule has 0 radical (unpaired) electrons. The van der Waals surface area contributed by atoms with Gasteiger partial charge in [-0.25, -0.2) is 0 Å². The summed E-state index contributed by atoms with van der Waals surface area (Å²) in [5.74, 6) is 0.627. The van der Waals surface area contributed by atoms with Gasteiger partial charge >= 0.3 is 0 Å². The highest BCUT2D eigenvalue weighted by atomic mass is 16.5.